The molecule has 0 unspecified atom stereocenters. The van der Waals surface area contributed by atoms with Gasteiger partial charge in [0.2, 0.25) is 11.0 Å². The first kappa shape index (κ1) is 19.0. The van der Waals surface area contributed by atoms with E-state index in [0.717, 1.165) is 27.3 Å². The first-order valence-corrected chi connectivity index (χ1v) is 9.73. The zero-order chi connectivity index (χ0) is 17.7. The van der Waals surface area contributed by atoms with Crippen LogP contribution in [0.5, 0.6) is 0 Å². The molecule has 0 spiro atoms. The lowest BCUT2D eigenvalue weighted by molar-refractivity contribution is -0.115. The molecule has 2 aromatic rings. The number of carbonyl (C=O) groups is 1. The van der Waals surface area contributed by atoms with Crippen molar-refractivity contribution >= 4 is 51.4 Å². The van der Waals surface area contributed by atoms with E-state index >= 15 is 0 Å². The SMILES string of the molecule is Cc1ccc(Cl)cc1NC(=O)[C@@H](C)Sc1nnc(NCC(C)C)s1. The normalized spacial score (nSPS) is 12.2. The Kier molecular flexibility index (Phi) is 6.89. The number of rotatable bonds is 7. The van der Waals surface area contributed by atoms with E-state index < -0.39 is 0 Å². The first-order chi connectivity index (χ1) is 11.3. The molecule has 0 saturated heterocycles. The van der Waals surface area contributed by atoms with Crippen LogP contribution in [0.1, 0.15) is 26.3 Å². The van der Waals surface area contributed by atoms with Crippen LogP contribution in [0.4, 0.5) is 10.8 Å². The summed E-state index contributed by atoms with van der Waals surface area (Å²) in [5.41, 5.74) is 1.71. The van der Waals surface area contributed by atoms with Gasteiger partial charge in [-0.05, 0) is 37.5 Å². The number of aromatic nitrogens is 2. The van der Waals surface area contributed by atoms with Crippen LogP contribution in [0.3, 0.4) is 0 Å². The number of hydrogen-bond donors (Lipinski definition) is 2. The van der Waals surface area contributed by atoms with Crippen molar-refractivity contribution in [2.45, 2.75) is 37.3 Å². The van der Waals surface area contributed by atoms with Crippen LogP contribution in [0.2, 0.25) is 5.02 Å². The summed E-state index contributed by atoms with van der Waals surface area (Å²) in [4.78, 5) is 12.4. The van der Waals surface area contributed by atoms with Crippen LogP contribution in [-0.4, -0.2) is 27.9 Å². The molecule has 1 aromatic heterocycles. The zero-order valence-corrected chi connectivity index (χ0v) is 16.5. The minimum absolute atomic E-state index is 0.0859. The van der Waals surface area contributed by atoms with E-state index in [1.54, 1.807) is 12.1 Å². The van der Waals surface area contributed by atoms with Crippen molar-refractivity contribution in [1.29, 1.82) is 0 Å². The average Bonchev–Trinajstić information content (AvgIpc) is 2.96. The van der Waals surface area contributed by atoms with Crippen molar-refractivity contribution in [1.82, 2.24) is 10.2 Å². The third kappa shape index (κ3) is 5.65. The topological polar surface area (TPSA) is 66.9 Å². The summed E-state index contributed by atoms with van der Waals surface area (Å²) >= 11 is 8.84. The minimum atomic E-state index is -0.283. The molecule has 1 heterocycles. The first-order valence-electron chi connectivity index (χ1n) is 7.66. The molecule has 0 aliphatic carbocycles. The summed E-state index contributed by atoms with van der Waals surface area (Å²) in [5.74, 6) is 0.452. The molecule has 24 heavy (non-hydrogen) atoms. The number of carbonyl (C=O) groups excluding carboxylic acids is 1. The highest BCUT2D eigenvalue weighted by molar-refractivity contribution is 8.02. The van der Waals surface area contributed by atoms with Crippen LogP contribution < -0.4 is 10.6 Å². The molecule has 0 aliphatic heterocycles. The van der Waals surface area contributed by atoms with Gasteiger partial charge < -0.3 is 10.6 Å². The van der Waals surface area contributed by atoms with Gasteiger partial charge in [0.25, 0.3) is 0 Å². The Balaban J connectivity index is 1.93. The molecule has 0 fully saturated rings. The van der Waals surface area contributed by atoms with Gasteiger partial charge in [-0.3, -0.25) is 4.79 Å². The molecule has 0 bridgehead atoms. The maximum Gasteiger partial charge on any atom is 0.237 e. The van der Waals surface area contributed by atoms with E-state index in [1.165, 1.54) is 23.1 Å². The highest BCUT2D eigenvalue weighted by Crippen LogP contribution is 2.30. The number of aryl methyl sites for hydroxylation is 1. The summed E-state index contributed by atoms with van der Waals surface area (Å²) in [5, 5.41) is 15.5. The number of hydrogen-bond acceptors (Lipinski definition) is 6. The van der Waals surface area contributed by atoms with Gasteiger partial charge in [-0.1, -0.05) is 54.6 Å². The van der Waals surface area contributed by atoms with E-state index in [4.69, 9.17) is 11.6 Å². The lowest BCUT2D eigenvalue weighted by Gasteiger charge is -2.12. The summed E-state index contributed by atoms with van der Waals surface area (Å²) in [6.45, 7) is 8.90. The summed E-state index contributed by atoms with van der Waals surface area (Å²) in [6.07, 6.45) is 0. The molecule has 130 valence electrons. The molecule has 2 N–H and O–H groups in total. The standard InChI is InChI=1S/C16H21ClN4OS2/c1-9(2)8-18-15-20-21-16(24-15)23-11(4)14(22)19-13-7-12(17)6-5-10(13)3/h5-7,9,11H,8H2,1-4H3,(H,18,20)(H,19,22)/t11-/m1/s1. The fourth-order valence-electron chi connectivity index (χ4n) is 1.79. The lowest BCUT2D eigenvalue weighted by Crippen LogP contribution is -2.22. The van der Waals surface area contributed by atoms with Crippen LogP contribution in [0, 0.1) is 12.8 Å². The Bertz CT molecular complexity index is 705. The molecule has 0 saturated carbocycles. The van der Waals surface area contributed by atoms with Crippen LogP contribution in [0.15, 0.2) is 22.5 Å². The van der Waals surface area contributed by atoms with Crippen LogP contribution >= 0.6 is 34.7 Å². The molecule has 8 heteroatoms. The smallest absolute Gasteiger partial charge is 0.237 e. The monoisotopic (exact) mass is 384 g/mol. The Morgan fingerprint density at radius 1 is 1.33 bits per heavy atom. The summed E-state index contributed by atoms with van der Waals surface area (Å²) < 4.78 is 0.770. The second-order valence-corrected chi connectivity index (χ2v) is 8.86. The van der Waals surface area contributed by atoms with Gasteiger partial charge >= 0.3 is 0 Å². The second-order valence-electron chi connectivity index (χ2n) is 5.86. The Hall–Kier alpha value is -1.31. The molecule has 0 aliphatic rings. The molecule has 1 aromatic carbocycles. The molecular formula is C16H21ClN4OS2. The van der Waals surface area contributed by atoms with Gasteiger partial charge in [0.15, 0.2) is 4.34 Å². The molecule has 0 radical (unpaired) electrons. The predicted molar refractivity (Wildman–Crippen MR) is 103 cm³/mol. The van der Waals surface area contributed by atoms with Gasteiger partial charge in [-0.25, -0.2) is 0 Å². The Morgan fingerprint density at radius 2 is 2.08 bits per heavy atom. The number of benzene rings is 1. The van der Waals surface area contributed by atoms with Crippen molar-refractivity contribution in [3.63, 3.8) is 0 Å². The Labute approximate surface area is 155 Å². The minimum Gasteiger partial charge on any atom is -0.360 e. The highest BCUT2D eigenvalue weighted by atomic mass is 35.5. The van der Waals surface area contributed by atoms with Crippen molar-refractivity contribution in [2.24, 2.45) is 5.92 Å². The maximum absolute atomic E-state index is 12.4. The van der Waals surface area contributed by atoms with Crippen LogP contribution in [-0.2, 0) is 4.79 Å². The maximum atomic E-state index is 12.4. The fraction of sp³-hybridized carbons (Fsp3) is 0.438. The number of halogens is 1. The van der Waals surface area contributed by atoms with E-state index in [9.17, 15) is 4.79 Å². The lowest BCUT2D eigenvalue weighted by atomic mass is 10.2. The quantitative estimate of drug-likeness (QED) is 0.678. The van der Waals surface area contributed by atoms with Gasteiger partial charge in [-0.15, -0.1) is 10.2 Å². The zero-order valence-electron chi connectivity index (χ0n) is 14.1. The number of anilines is 2. The Morgan fingerprint density at radius 3 is 2.79 bits per heavy atom. The summed E-state index contributed by atoms with van der Waals surface area (Å²) in [7, 11) is 0. The molecule has 2 rings (SSSR count). The predicted octanol–water partition coefficient (Wildman–Crippen LogP) is 4.69. The van der Waals surface area contributed by atoms with E-state index in [2.05, 4.69) is 34.7 Å². The number of amides is 1. The third-order valence-electron chi connectivity index (χ3n) is 3.17. The molecular weight excluding hydrogens is 364 g/mol. The van der Waals surface area contributed by atoms with Crippen LogP contribution in [0.25, 0.3) is 0 Å². The molecule has 5 nitrogen and oxygen atoms in total. The van der Waals surface area contributed by atoms with E-state index in [0.29, 0.717) is 10.9 Å². The van der Waals surface area contributed by atoms with Crippen molar-refractivity contribution in [2.75, 3.05) is 17.2 Å². The van der Waals surface area contributed by atoms with E-state index in [-0.39, 0.29) is 11.2 Å². The molecule has 1 atom stereocenters. The van der Waals surface area contributed by atoms with Gasteiger partial charge in [0, 0.05) is 17.3 Å². The number of nitrogens with zero attached hydrogens (tertiary/aromatic N) is 2. The highest BCUT2D eigenvalue weighted by Gasteiger charge is 2.18. The second kappa shape index (κ2) is 8.69. The number of nitrogens with one attached hydrogen (secondary N) is 2. The van der Waals surface area contributed by atoms with Gasteiger partial charge in [-0.2, -0.15) is 0 Å². The largest absolute Gasteiger partial charge is 0.360 e. The fourth-order valence-corrected chi connectivity index (χ4v) is 3.86. The van der Waals surface area contributed by atoms with E-state index in [1.807, 2.05) is 19.9 Å². The van der Waals surface area contributed by atoms with Crippen molar-refractivity contribution in [3.8, 4) is 0 Å². The van der Waals surface area contributed by atoms with Gasteiger partial charge in [0.05, 0.1) is 5.25 Å². The third-order valence-corrected chi connectivity index (χ3v) is 5.47. The van der Waals surface area contributed by atoms with Gasteiger partial charge in [0.1, 0.15) is 0 Å². The van der Waals surface area contributed by atoms with Crippen molar-refractivity contribution < 1.29 is 4.79 Å². The summed E-state index contributed by atoms with van der Waals surface area (Å²) in [6, 6.07) is 5.44. The average molecular weight is 385 g/mol. The molecule has 1 amide bonds. The van der Waals surface area contributed by atoms with Crippen molar-refractivity contribution in [3.05, 3.63) is 28.8 Å². The number of thioether (sulfide) groups is 1.